The summed E-state index contributed by atoms with van der Waals surface area (Å²) in [5.74, 6) is 1.55. The quantitative estimate of drug-likeness (QED) is 0.226. The number of rotatable bonds is 2. The summed E-state index contributed by atoms with van der Waals surface area (Å²) in [5.41, 5.74) is 15.6. The van der Waals surface area contributed by atoms with Crippen LogP contribution in [-0.2, 0) is 19.3 Å². The van der Waals surface area contributed by atoms with E-state index in [1.807, 2.05) is 0 Å². The first-order valence-electron chi connectivity index (χ1n) is 14.7. The molecule has 0 nitrogen and oxygen atoms in total. The van der Waals surface area contributed by atoms with Gasteiger partial charge in [0, 0.05) is 0 Å². The molecule has 0 saturated heterocycles. The largest absolute Gasteiger partial charge is 0.0622 e. The van der Waals surface area contributed by atoms with Crippen LogP contribution in [0.2, 0.25) is 0 Å². The smallest absolute Gasteiger partial charge is 0.00134 e. The first-order valence-corrected chi connectivity index (χ1v) is 14.7. The van der Waals surface area contributed by atoms with Crippen LogP contribution in [0.5, 0.6) is 0 Å². The zero-order valence-corrected chi connectivity index (χ0v) is 22.0. The highest BCUT2D eigenvalue weighted by molar-refractivity contribution is 5.89. The summed E-state index contributed by atoms with van der Waals surface area (Å²) >= 11 is 0. The molecule has 5 aromatic rings. The van der Waals surface area contributed by atoms with Gasteiger partial charge < -0.3 is 0 Å². The fourth-order valence-corrected chi connectivity index (χ4v) is 8.19. The lowest BCUT2D eigenvalue weighted by Crippen LogP contribution is -2.27. The first-order chi connectivity index (χ1) is 18.8. The van der Waals surface area contributed by atoms with Crippen molar-refractivity contribution < 1.29 is 0 Å². The van der Waals surface area contributed by atoms with Crippen LogP contribution in [0.15, 0.2) is 97.1 Å². The standard InChI is InChI=1S/C38H34/c1-3-12-26(13-4-1)36-33-20-19-25-11-9-10-18-32(25)38(33)37(27-14-5-2-6-15-27)35-24-31-22-29-17-8-7-16-28(29)21-30(31)23-34(35)36/h1-8,12-17,21-22,25,32H,9-11,18-20,23-24H2. The van der Waals surface area contributed by atoms with Gasteiger partial charge in [0.2, 0.25) is 0 Å². The Morgan fingerprint density at radius 1 is 0.500 bits per heavy atom. The van der Waals surface area contributed by atoms with Gasteiger partial charge in [-0.1, -0.05) is 110 Å². The fourth-order valence-electron chi connectivity index (χ4n) is 8.19. The molecule has 186 valence electrons. The molecule has 0 heteroatoms. The van der Waals surface area contributed by atoms with Crippen LogP contribution in [0, 0.1) is 5.92 Å². The number of hydrogen-bond acceptors (Lipinski definition) is 0. The van der Waals surface area contributed by atoms with Crippen LogP contribution in [0.3, 0.4) is 0 Å². The predicted octanol–water partition coefficient (Wildman–Crippen LogP) is 9.89. The highest BCUT2D eigenvalue weighted by Crippen LogP contribution is 2.54. The average Bonchev–Trinajstić information content (AvgIpc) is 2.98. The zero-order valence-electron chi connectivity index (χ0n) is 22.0. The molecule has 5 aromatic carbocycles. The van der Waals surface area contributed by atoms with Crippen molar-refractivity contribution in [1.29, 1.82) is 0 Å². The lowest BCUT2D eigenvalue weighted by atomic mass is 9.62. The second-order valence-electron chi connectivity index (χ2n) is 11.8. The Morgan fingerprint density at radius 3 is 1.71 bits per heavy atom. The summed E-state index contributed by atoms with van der Waals surface area (Å²) in [6, 6.07) is 36.6. The monoisotopic (exact) mass is 490 g/mol. The van der Waals surface area contributed by atoms with Crippen LogP contribution in [0.4, 0.5) is 0 Å². The normalized spacial score (nSPS) is 19.8. The highest BCUT2D eigenvalue weighted by Gasteiger charge is 2.38. The van der Waals surface area contributed by atoms with Crippen molar-refractivity contribution in [2.75, 3.05) is 0 Å². The van der Waals surface area contributed by atoms with Crippen molar-refractivity contribution in [3.8, 4) is 22.3 Å². The van der Waals surface area contributed by atoms with Gasteiger partial charge in [-0.15, -0.1) is 0 Å². The predicted molar refractivity (Wildman–Crippen MR) is 160 cm³/mol. The summed E-state index contributed by atoms with van der Waals surface area (Å²) in [6.45, 7) is 0. The minimum absolute atomic E-state index is 0.702. The summed E-state index contributed by atoms with van der Waals surface area (Å²) in [6.07, 6.45) is 10.2. The Hall–Kier alpha value is -3.64. The Balaban J connectivity index is 1.46. The third kappa shape index (κ3) is 3.50. The van der Waals surface area contributed by atoms with E-state index in [1.54, 1.807) is 33.4 Å². The van der Waals surface area contributed by atoms with E-state index in [-0.39, 0.29) is 0 Å². The van der Waals surface area contributed by atoms with Crippen LogP contribution < -0.4 is 0 Å². The second kappa shape index (κ2) is 8.98. The van der Waals surface area contributed by atoms with Gasteiger partial charge in [0.05, 0.1) is 0 Å². The number of fused-ring (bicyclic) bond motifs is 6. The molecule has 3 aliphatic carbocycles. The van der Waals surface area contributed by atoms with Gasteiger partial charge in [0.15, 0.2) is 0 Å². The lowest BCUT2D eigenvalue weighted by Gasteiger charge is -2.42. The van der Waals surface area contributed by atoms with E-state index in [0.717, 1.165) is 18.8 Å². The number of hydrogen-bond donors (Lipinski definition) is 0. The maximum atomic E-state index is 2.48. The minimum atomic E-state index is 0.702. The molecule has 1 saturated carbocycles. The van der Waals surface area contributed by atoms with Gasteiger partial charge in [-0.05, 0) is 117 Å². The molecule has 2 unspecified atom stereocenters. The third-order valence-corrected chi connectivity index (χ3v) is 9.84. The first kappa shape index (κ1) is 22.4. The molecule has 8 rings (SSSR count). The van der Waals surface area contributed by atoms with Crippen molar-refractivity contribution >= 4 is 10.8 Å². The van der Waals surface area contributed by atoms with E-state index in [1.165, 1.54) is 71.6 Å². The molecular formula is C38H34. The van der Waals surface area contributed by atoms with E-state index in [4.69, 9.17) is 0 Å². The van der Waals surface area contributed by atoms with Crippen molar-refractivity contribution in [3.63, 3.8) is 0 Å². The Morgan fingerprint density at radius 2 is 1.05 bits per heavy atom. The van der Waals surface area contributed by atoms with Gasteiger partial charge in [-0.2, -0.15) is 0 Å². The van der Waals surface area contributed by atoms with Gasteiger partial charge >= 0.3 is 0 Å². The molecule has 0 heterocycles. The lowest BCUT2D eigenvalue weighted by molar-refractivity contribution is 0.276. The minimum Gasteiger partial charge on any atom is -0.0622 e. The van der Waals surface area contributed by atoms with Gasteiger partial charge in [-0.3, -0.25) is 0 Å². The van der Waals surface area contributed by atoms with Crippen molar-refractivity contribution in [1.82, 2.24) is 0 Å². The van der Waals surface area contributed by atoms with Crippen LogP contribution in [0.1, 0.15) is 71.4 Å². The van der Waals surface area contributed by atoms with Crippen LogP contribution in [-0.4, -0.2) is 0 Å². The summed E-state index contributed by atoms with van der Waals surface area (Å²) in [7, 11) is 0. The van der Waals surface area contributed by atoms with Crippen molar-refractivity contribution in [2.24, 2.45) is 5.92 Å². The summed E-state index contributed by atoms with van der Waals surface area (Å²) < 4.78 is 0. The highest BCUT2D eigenvalue weighted by atomic mass is 14.4. The van der Waals surface area contributed by atoms with E-state index in [0.29, 0.717) is 5.92 Å². The molecular weight excluding hydrogens is 456 g/mol. The van der Waals surface area contributed by atoms with Gasteiger partial charge in [0.1, 0.15) is 0 Å². The second-order valence-corrected chi connectivity index (χ2v) is 11.8. The molecule has 0 aliphatic heterocycles. The maximum absolute atomic E-state index is 2.48. The van der Waals surface area contributed by atoms with E-state index in [9.17, 15) is 0 Å². The zero-order chi connectivity index (χ0) is 25.1. The summed E-state index contributed by atoms with van der Waals surface area (Å²) in [4.78, 5) is 0. The molecule has 0 radical (unpaired) electrons. The molecule has 0 bridgehead atoms. The fraction of sp³-hybridized carbons (Fsp3) is 0.263. The summed E-state index contributed by atoms with van der Waals surface area (Å²) in [5, 5.41) is 2.73. The Kier molecular flexibility index (Phi) is 5.28. The van der Waals surface area contributed by atoms with Crippen molar-refractivity contribution in [2.45, 2.75) is 57.3 Å². The Labute approximate surface area is 226 Å². The van der Waals surface area contributed by atoms with Crippen molar-refractivity contribution in [3.05, 3.63) is 130 Å². The van der Waals surface area contributed by atoms with E-state index in [2.05, 4.69) is 97.1 Å². The molecule has 1 fully saturated rings. The third-order valence-electron chi connectivity index (χ3n) is 9.84. The van der Waals surface area contributed by atoms with E-state index < -0.39 is 0 Å². The number of benzene rings is 5. The molecule has 3 aliphatic rings. The molecule has 0 spiro atoms. The molecule has 2 atom stereocenters. The molecule has 0 N–H and O–H groups in total. The molecule has 0 aromatic heterocycles. The maximum Gasteiger partial charge on any atom is -0.00134 e. The molecule has 0 amide bonds. The molecule has 38 heavy (non-hydrogen) atoms. The Bertz CT molecular complexity index is 1660. The van der Waals surface area contributed by atoms with Crippen LogP contribution in [0.25, 0.3) is 33.0 Å². The SMILES string of the molecule is c1ccc(-c2c3c(c(-c4ccccc4)c4c2CCC2CCCCC42)Cc2cc4ccccc4cc2C3)cc1. The van der Waals surface area contributed by atoms with Gasteiger partial charge in [-0.25, -0.2) is 0 Å². The average molecular weight is 491 g/mol. The van der Waals surface area contributed by atoms with E-state index >= 15 is 0 Å². The topological polar surface area (TPSA) is 0 Å². The van der Waals surface area contributed by atoms with Crippen LogP contribution >= 0.6 is 0 Å². The van der Waals surface area contributed by atoms with Gasteiger partial charge in [0.25, 0.3) is 0 Å².